The molecule has 3 aromatic rings. The van der Waals surface area contributed by atoms with E-state index in [-0.39, 0.29) is 18.7 Å². The number of hydrogen-bond donors (Lipinski definition) is 1. The smallest absolute Gasteiger partial charge is 0.187 e. The predicted octanol–water partition coefficient (Wildman–Crippen LogP) is 6.93. The Morgan fingerprint density at radius 1 is 1.03 bits per heavy atom. The number of nitrogens with zero attached hydrogens (tertiary/aromatic N) is 3. The van der Waals surface area contributed by atoms with E-state index in [0.29, 0.717) is 21.5 Å². The van der Waals surface area contributed by atoms with Gasteiger partial charge in [0.2, 0.25) is 0 Å². The third kappa shape index (κ3) is 6.09. The van der Waals surface area contributed by atoms with Gasteiger partial charge in [-0.1, -0.05) is 59.6 Å². The van der Waals surface area contributed by atoms with Crippen LogP contribution in [0.25, 0.3) is 4.85 Å². The number of aliphatic hydroxyl groups is 1. The van der Waals surface area contributed by atoms with Crippen molar-refractivity contribution in [3.63, 3.8) is 0 Å². The average Bonchev–Trinajstić information content (AvgIpc) is 2.87. The summed E-state index contributed by atoms with van der Waals surface area (Å²) in [6.07, 6.45) is -0.546. The molecule has 1 N–H and O–H groups in total. The highest BCUT2D eigenvalue weighted by Crippen LogP contribution is 2.39. The fourth-order valence-electron chi connectivity index (χ4n) is 4.48. The van der Waals surface area contributed by atoms with E-state index in [1.54, 1.807) is 6.92 Å². The normalized spacial score (nSPS) is 18.1. The highest BCUT2D eigenvalue weighted by Gasteiger charge is 2.32. The van der Waals surface area contributed by atoms with Crippen LogP contribution >= 0.6 is 23.2 Å². The van der Waals surface area contributed by atoms with Gasteiger partial charge in [0.15, 0.2) is 5.69 Å². The van der Waals surface area contributed by atoms with Crippen LogP contribution < -0.4 is 9.64 Å². The fourth-order valence-corrected chi connectivity index (χ4v) is 4.88. The number of aliphatic hydroxyl groups excluding tert-OH is 1. The number of anilines is 1. The minimum absolute atomic E-state index is 0.0766. The third-order valence-corrected chi connectivity index (χ3v) is 6.99. The molecular weight excluding hydrogens is 481 g/mol. The fraction of sp³-hybridized carbons (Fsp3) is 0.321. The summed E-state index contributed by atoms with van der Waals surface area (Å²) in [7, 11) is 0. The van der Waals surface area contributed by atoms with Crippen LogP contribution in [0, 0.1) is 6.57 Å². The number of hydrogen-bond acceptors (Lipinski definition) is 4. The van der Waals surface area contributed by atoms with Gasteiger partial charge in [-0.2, -0.15) is 0 Å². The van der Waals surface area contributed by atoms with Crippen LogP contribution in [-0.2, 0) is 0 Å². The molecule has 7 heteroatoms. The molecule has 0 amide bonds. The zero-order chi connectivity index (χ0) is 24.9. The van der Waals surface area contributed by atoms with Crippen LogP contribution in [0.4, 0.5) is 11.4 Å². The summed E-state index contributed by atoms with van der Waals surface area (Å²) >= 11 is 12.9. The van der Waals surface area contributed by atoms with E-state index in [0.717, 1.165) is 25.3 Å². The van der Waals surface area contributed by atoms with Crippen molar-refractivity contribution >= 4 is 34.6 Å². The molecule has 4 rings (SSSR count). The third-order valence-electron chi connectivity index (χ3n) is 6.44. The Labute approximate surface area is 217 Å². The standard InChI is InChI=1S/C28H29Cl2N3O2/c1-19(34)18-35-25-12-13-27(26(30)16-25)33-15-14-32(17-28(33)22-4-8-23(29)9-5-22)20(2)21-6-10-24(31-3)11-7-21/h4-13,16,19-20,28,34H,14-15,17-18H2,1-2H3/t19-,20+,28-/m0/s1. The van der Waals surface area contributed by atoms with Crippen molar-refractivity contribution in [3.05, 3.63) is 99.3 Å². The van der Waals surface area contributed by atoms with E-state index in [2.05, 4.69) is 33.7 Å². The zero-order valence-electron chi connectivity index (χ0n) is 19.9. The average molecular weight is 510 g/mol. The lowest BCUT2D eigenvalue weighted by atomic mass is 9.98. The van der Waals surface area contributed by atoms with Gasteiger partial charge in [0, 0.05) is 36.8 Å². The summed E-state index contributed by atoms with van der Waals surface area (Å²) in [4.78, 5) is 8.32. The molecule has 1 fully saturated rings. The molecule has 0 aliphatic carbocycles. The van der Waals surface area contributed by atoms with Gasteiger partial charge in [-0.05, 0) is 49.2 Å². The molecule has 1 heterocycles. The first-order valence-corrected chi connectivity index (χ1v) is 12.5. The topological polar surface area (TPSA) is 40.3 Å². The molecule has 3 aromatic carbocycles. The van der Waals surface area contributed by atoms with Crippen LogP contribution in [0.15, 0.2) is 66.7 Å². The maximum Gasteiger partial charge on any atom is 0.187 e. The summed E-state index contributed by atoms with van der Waals surface area (Å²) in [5.74, 6) is 0.637. The highest BCUT2D eigenvalue weighted by atomic mass is 35.5. The lowest BCUT2D eigenvalue weighted by molar-refractivity contribution is 0.122. The van der Waals surface area contributed by atoms with E-state index >= 15 is 0 Å². The molecule has 0 bridgehead atoms. The predicted molar refractivity (Wildman–Crippen MR) is 143 cm³/mol. The van der Waals surface area contributed by atoms with E-state index in [9.17, 15) is 5.11 Å². The van der Waals surface area contributed by atoms with Gasteiger partial charge in [-0.15, -0.1) is 0 Å². The Morgan fingerprint density at radius 2 is 1.74 bits per heavy atom. The van der Waals surface area contributed by atoms with Crippen molar-refractivity contribution in [1.82, 2.24) is 4.90 Å². The van der Waals surface area contributed by atoms with Crippen molar-refractivity contribution in [3.8, 4) is 5.75 Å². The van der Waals surface area contributed by atoms with Crippen LogP contribution in [0.2, 0.25) is 10.0 Å². The van der Waals surface area contributed by atoms with Crippen molar-refractivity contribution in [2.24, 2.45) is 0 Å². The Bertz CT molecular complexity index is 1180. The van der Waals surface area contributed by atoms with Crippen LogP contribution in [0.5, 0.6) is 5.75 Å². The quantitative estimate of drug-likeness (QED) is 0.350. The molecule has 1 saturated heterocycles. The van der Waals surface area contributed by atoms with E-state index in [1.165, 1.54) is 11.1 Å². The summed E-state index contributed by atoms with van der Waals surface area (Å²) < 4.78 is 5.63. The molecule has 3 atom stereocenters. The van der Waals surface area contributed by atoms with Crippen molar-refractivity contribution in [1.29, 1.82) is 0 Å². The summed E-state index contributed by atoms with van der Waals surface area (Å²) in [5, 5.41) is 10.8. The molecule has 5 nitrogen and oxygen atoms in total. The second-order valence-corrected chi connectivity index (χ2v) is 9.75. The van der Waals surface area contributed by atoms with Crippen molar-refractivity contribution in [2.75, 3.05) is 31.1 Å². The molecule has 0 unspecified atom stereocenters. The number of ether oxygens (including phenoxy) is 1. The SMILES string of the molecule is [C-]#[N+]c1ccc([C@@H](C)N2CCN(c3ccc(OC[C@H](C)O)cc3Cl)[C@H](c3ccc(Cl)cc3)C2)cc1. The summed E-state index contributed by atoms with van der Waals surface area (Å²) in [5.41, 5.74) is 3.96. The molecule has 182 valence electrons. The first-order chi connectivity index (χ1) is 16.9. The van der Waals surface area contributed by atoms with E-state index in [1.807, 2.05) is 54.6 Å². The van der Waals surface area contributed by atoms with Crippen molar-refractivity contribution < 1.29 is 9.84 Å². The molecule has 0 spiro atoms. The van der Waals surface area contributed by atoms with Crippen LogP contribution in [0.1, 0.15) is 37.1 Å². The van der Waals surface area contributed by atoms with Crippen molar-refractivity contribution in [2.45, 2.75) is 32.0 Å². The van der Waals surface area contributed by atoms with Gasteiger partial charge in [0.1, 0.15) is 12.4 Å². The van der Waals surface area contributed by atoms with Gasteiger partial charge < -0.3 is 14.7 Å². The lowest BCUT2D eigenvalue weighted by Crippen LogP contribution is -2.49. The van der Waals surface area contributed by atoms with Gasteiger partial charge in [-0.25, -0.2) is 4.85 Å². The second kappa shape index (κ2) is 11.3. The maximum atomic E-state index is 9.51. The number of halogens is 2. The second-order valence-electron chi connectivity index (χ2n) is 8.91. The van der Waals surface area contributed by atoms with Gasteiger partial charge >= 0.3 is 0 Å². The molecule has 0 radical (unpaired) electrons. The molecular formula is C28H29Cl2N3O2. The van der Waals surface area contributed by atoms with Gasteiger partial charge in [0.25, 0.3) is 0 Å². The summed E-state index contributed by atoms with van der Waals surface area (Å²) in [6, 6.07) is 21.8. The molecule has 0 saturated carbocycles. The highest BCUT2D eigenvalue weighted by molar-refractivity contribution is 6.33. The molecule has 0 aromatic heterocycles. The zero-order valence-corrected chi connectivity index (χ0v) is 21.4. The molecule has 35 heavy (non-hydrogen) atoms. The van der Waals surface area contributed by atoms with Gasteiger partial charge in [0.05, 0.1) is 29.4 Å². The van der Waals surface area contributed by atoms with Crippen LogP contribution in [-0.4, -0.2) is 42.4 Å². The van der Waals surface area contributed by atoms with E-state index in [4.69, 9.17) is 34.5 Å². The lowest BCUT2D eigenvalue weighted by Gasteiger charge is -2.45. The maximum absolute atomic E-state index is 9.51. The summed E-state index contributed by atoms with van der Waals surface area (Å²) in [6.45, 7) is 13.8. The Morgan fingerprint density at radius 3 is 2.37 bits per heavy atom. The Hall–Kier alpha value is -2.75. The Balaban J connectivity index is 1.60. The van der Waals surface area contributed by atoms with Crippen LogP contribution in [0.3, 0.4) is 0 Å². The molecule has 1 aliphatic rings. The first kappa shape index (κ1) is 25.3. The minimum atomic E-state index is -0.546. The van der Waals surface area contributed by atoms with Gasteiger partial charge in [-0.3, -0.25) is 4.90 Å². The molecule has 1 aliphatic heterocycles. The number of rotatable bonds is 7. The monoisotopic (exact) mass is 509 g/mol. The Kier molecular flexibility index (Phi) is 8.20. The van der Waals surface area contributed by atoms with E-state index < -0.39 is 6.10 Å². The largest absolute Gasteiger partial charge is 0.491 e. The number of piperazine rings is 1. The number of benzene rings is 3. The minimum Gasteiger partial charge on any atom is -0.491 e. The first-order valence-electron chi connectivity index (χ1n) is 11.7.